The fraction of sp³-hybridized carbons (Fsp3) is 0.385. The van der Waals surface area contributed by atoms with Gasteiger partial charge in [0.2, 0.25) is 0 Å². The molecule has 0 bridgehead atoms. The van der Waals surface area contributed by atoms with Crippen LogP contribution in [0, 0.1) is 0 Å². The molecule has 5 heteroatoms. The first-order valence-electron chi connectivity index (χ1n) is 5.97. The van der Waals surface area contributed by atoms with Gasteiger partial charge >= 0.3 is 5.97 Å². The Morgan fingerprint density at radius 2 is 1.94 bits per heavy atom. The molecular formula is C13H16N2O3. The third-order valence-corrected chi connectivity index (χ3v) is 3.13. The molecule has 0 saturated carbocycles. The Morgan fingerprint density at radius 1 is 1.28 bits per heavy atom. The van der Waals surface area contributed by atoms with Crippen molar-refractivity contribution >= 4 is 11.9 Å². The van der Waals surface area contributed by atoms with Crippen LogP contribution in [0.4, 0.5) is 0 Å². The fourth-order valence-corrected chi connectivity index (χ4v) is 2.22. The Balaban J connectivity index is 2.25. The number of rotatable bonds is 2. The Morgan fingerprint density at radius 3 is 2.56 bits per heavy atom. The topological polar surface area (TPSA) is 83.6 Å². The van der Waals surface area contributed by atoms with Crippen LogP contribution in [0.25, 0.3) is 0 Å². The van der Waals surface area contributed by atoms with E-state index in [0.29, 0.717) is 13.1 Å². The molecule has 1 atom stereocenters. The highest BCUT2D eigenvalue weighted by Crippen LogP contribution is 2.16. The van der Waals surface area contributed by atoms with Gasteiger partial charge in [0.15, 0.2) is 0 Å². The molecule has 1 heterocycles. The van der Waals surface area contributed by atoms with Gasteiger partial charge in [-0.15, -0.1) is 0 Å². The van der Waals surface area contributed by atoms with Gasteiger partial charge in [0, 0.05) is 19.1 Å². The Labute approximate surface area is 105 Å². The third kappa shape index (κ3) is 2.51. The van der Waals surface area contributed by atoms with Crippen LogP contribution >= 0.6 is 0 Å². The van der Waals surface area contributed by atoms with Crippen molar-refractivity contribution in [2.45, 2.75) is 18.9 Å². The number of carbonyl (C=O) groups excluding carboxylic acids is 1. The van der Waals surface area contributed by atoms with Gasteiger partial charge in [-0.1, -0.05) is 12.1 Å². The second-order valence-electron chi connectivity index (χ2n) is 4.50. The predicted octanol–water partition coefficient (Wildman–Crippen LogP) is 0.948. The minimum Gasteiger partial charge on any atom is -0.478 e. The van der Waals surface area contributed by atoms with E-state index in [-0.39, 0.29) is 23.1 Å². The Hall–Kier alpha value is -1.88. The largest absolute Gasteiger partial charge is 0.478 e. The first kappa shape index (κ1) is 12.6. The molecule has 1 fully saturated rings. The normalized spacial score (nSPS) is 19.6. The number of piperidine rings is 1. The molecule has 1 amide bonds. The summed E-state index contributed by atoms with van der Waals surface area (Å²) in [5, 5.41) is 9.07. The van der Waals surface area contributed by atoms with Gasteiger partial charge in [-0.3, -0.25) is 4.79 Å². The molecule has 1 unspecified atom stereocenters. The molecule has 1 aliphatic rings. The summed E-state index contributed by atoms with van der Waals surface area (Å²) >= 11 is 0. The van der Waals surface area contributed by atoms with Crippen LogP contribution in [0.1, 0.15) is 33.6 Å². The van der Waals surface area contributed by atoms with E-state index in [1.165, 1.54) is 6.07 Å². The summed E-state index contributed by atoms with van der Waals surface area (Å²) in [4.78, 5) is 25.0. The number of benzene rings is 1. The van der Waals surface area contributed by atoms with E-state index >= 15 is 0 Å². The lowest BCUT2D eigenvalue weighted by atomic mass is 10.0. The maximum atomic E-state index is 12.3. The molecule has 1 aromatic carbocycles. The summed E-state index contributed by atoms with van der Waals surface area (Å²) in [6.07, 6.45) is 1.77. The van der Waals surface area contributed by atoms with Gasteiger partial charge < -0.3 is 15.7 Å². The van der Waals surface area contributed by atoms with Crippen molar-refractivity contribution in [1.29, 1.82) is 0 Å². The summed E-state index contributed by atoms with van der Waals surface area (Å²) < 4.78 is 0. The van der Waals surface area contributed by atoms with Gasteiger partial charge in [0.1, 0.15) is 0 Å². The standard InChI is InChI=1S/C13H16N2O3/c14-9-4-3-7-15(8-9)12(16)10-5-1-2-6-11(10)13(17)18/h1-2,5-6,9H,3-4,7-8,14H2,(H,17,18). The molecule has 3 N–H and O–H groups in total. The van der Waals surface area contributed by atoms with Crippen LogP contribution in [-0.4, -0.2) is 41.0 Å². The SMILES string of the molecule is NC1CCCN(C(=O)c2ccccc2C(=O)O)C1. The summed E-state index contributed by atoms with van der Waals surface area (Å²) in [5.74, 6) is -1.33. The molecule has 0 aliphatic carbocycles. The molecule has 96 valence electrons. The van der Waals surface area contributed by atoms with Crippen molar-refractivity contribution in [2.75, 3.05) is 13.1 Å². The quantitative estimate of drug-likeness (QED) is 0.816. The second-order valence-corrected chi connectivity index (χ2v) is 4.50. The highest BCUT2D eigenvalue weighted by atomic mass is 16.4. The monoisotopic (exact) mass is 248 g/mol. The second kappa shape index (κ2) is 5.18. The Bertz CT molecular complexity index is 473. The predicted molar refractivity (Wildman–Crippen MR) is 66.5 cm³/mol. The van der Waals surface area contributed by atoms with E-state index in [1.807, 2.05) is 0 Å². The molecule has 18 heavy (non-hydrogen) atoms. The van der Waals surface area contributed by atoms with Crippen LogP contribution in [0.3, 0.4) is 0 Å². The summed E-state index contributed by atoms with van der Waals surface area (Å²) in [5.41, 5.74) is 6.11. The van der Waals surface area contributed by atoms with Gasteiger partial charge in [0.25, 0.3) is 5.91 Å². The zero-order valence-electron chi connectivity index (χ0n) is 10.0. The number of carboxylic acids is 1. The number of nitrogens with zero attached hydrogens (tertiary/aromatic N) is 1. The number of hydrogen-bond acceptors (Lipinski definition) is 3. The number of hydrogen-bond donors (Lipinski definition) is 2. The summed E-state index contributed by atoms with van der Waals surface area (Å²) in [6.45, 7) is 1.13. The zero-order valence-corrected chi connectivity index (χ0v) is 10.0. The molecule has 2 rings (SSSR count). The molecule has 1 aliphatic heterocycles. The van der Waals surface area contributed by atoms with Crippen molar-refractivity contribution in [3.63, 3.8) is 0 Å². The van der Waals surface area contributed by atoms with E-state index in [9.17, 15) is 9.59 Å². The third-order valence-electron chi connectivity index (χ3n) is 3.13. The number of carboxylic acid groups (broad SMARTS) is 1. The minimum absolute atomic E-state index is 0.0142. The van der Waals surface area contributed by atoms with E-state index in [4.69, 9.17) is 10.8 Å². The molecule has 0 aromatic heterocycles. The van der Waals surface area contributed by atoms with Gasteiger partial charge in [0.05, 0.1) is 11.1 Å². The number of nitrogens with two attached hydrogens (primary N) is 1. The van der Waals surface area contributed by atoms with Crippen LogP contribution in [0.5, 0.6) is 0 Å². The molecule has 0 radical (unpaired) electrons. The van der Waals surface area contributed by atoms with Gasteiger partial charge in [-0.05, 0) is 25.0 Å². The van der Waals surface area contributed by atoms with E-state index in [1.54, 1.807) is 23.1 Å². The highest BCUT2D eigenvalue weighted by molar-refractivity contribution is 6.04. The van der Waals surface area contributed by atoms with Crippen molar-refractivity contribution in [3.05, 3.63) is 35.4 Å². The van der Waals surface area contributed by atoms with Crippen molar-refractivity contribution < 1.29 is 14.7 Å². The van der Waals surface area contributed by atoms with Crippen molar-refractivity contribution in [2.24, 2.45) is 5.73 Å². The van der Waals surface area contributed by atoms with Crippen LogP contribution in [0.2, 0.25) is 0 Å². The fourth-order valence-electron chi connectivity index (χ4n) is 2.22. The molecule has 5 nitrogen and oxygen atoms in total. The summed E-state index contributed by atoms with van der Waals surface area (Å²) in [6, 6.07) is 6.26. The lowest BCUT2D eigenvalue weighted by Crippen LogP contribution is -2.46. The number of aromatic carboxylic acids is 1. The number of likely N-dealkylation sites (tertiary alicyclic amines) is 1. The first-order chi connectivity index (χ1) is 8.59. The zero-order chi connectivity index (χ0) is 13.1. The van der Waals surface area contributed by atoms with Crippen LogP contribution < -0.4 is 5.73 Å². The average molecular weight is 248 g/mol. The first-order valence-corrected chi connectivity index (χ1v) is 5.97. The number of amides is 1. The lowest BCUT2D eigenvalue weighted by Gasteiger charge is -2.31. The van der Waals surface area contributed by atoms with E-state index in [0.717, 1.165) is 12.8 Å². The smallest absolute Gasteiger partial charge is 0.336 e. The van der Waals surface area contributed by atoms with Crippen LogP contribution in [-0.2, 0) is 0 Å². The molecular weight excluding hydrogens is 232 g/mol. The van der Waals surface area contributed by atoms with Crippen molar-refractivity contribution in [1.82, 2.24) is 4.90 Å². The molecule has 0 spiro atoms. The highest BCUT2D eigenvalue weighted by Gasteiger charge is 2.25. The maximum absolute atomic E-state index is 12.3. The van der Waals surface area contributed by atoms with E-state index in [2.05, 4.69) is 0 Å². The van der Waals surface area contributed by atoms with Gasteiger partial charge in [-0.25, -0.2) is 4.79 Å². The molecule has 1 aromatic rings. The minimum atomic E-state index is -1.08. The summed E-state index contributed by atoms with van der Waals surface area (Å²) in [7, 11) is 0. The maximum Gasteiger partial charge on any atom is 0.336 e. The lowest BCUT2D eigenvalue weighted by molar-refractivity contribution is 0.0660. The Kier molecular flexibility index (Phi) is 3.62. The van der Waals surface area contributed by atoms with Gasteiger partial charge in [-0.2, -0.15) is 0 Å². The number of carbonyl (C=O) groups is 2. The van der Waals surface area contributed by atoms with Crippen LogP contribution in [0.15, 0.2) is 24.3 Å². The average Bonchev–Trinajstić information content (AvgIpc) is 2.38. The van der Waals surface area contributed by atoms with E-state index < -0.39 is 5.97 Å². The molecule has 1 saturated heterocycles. The van der Waals surface area contributed by atoms with Crippen molar-refractivity contribution in [3.8, 4) is 0 Å².